The molecule has 1 saturated heterocycles. The van der Waals surface area contributed by atoms with E-state index < -0.39 is 11.7 Å². The molecule has 34 heavy (non-hydrogen) atoms. The highest BCUT2D eigenvalue weighted by molar-refractivity contribution is 5.95. The number of hydrogen-bond acceptors (Lipinski definition) is 3. The lowest BCUT2D eigenvalue weighted by Gasteiger charge is -2.25. The highest BCUT2D eigenvalue weighted by Gasteiger charge is 2.34. The molecule has 2 aromatic heterocycles. The zero-order valence-electron chi connectivity index (χ0n) is 18.2. The second-order valence-corrected chi connectivity index (χ2v) is 8.37. The molecule has 2 aromatic carbocycles. The number of carbonyl (C=O) groups excluding carboxylic acids is 1. The van der Waals surface area contributed by atoms with Crippen LogP contribution in [-0.2, 0) is 12.7 Å². The van der Waals surface area contributed by atoms with Crippen LogP contribution >= 0.6 is 0 Å². The van der Waals surface area contributed by atoms with Gasteiger partial charge in [0.05, 0.1) is 29.8 Å². The lowest BCUT2D eigenvalue weighted by Crippen LogP contribution is -2.31. The Morgan fingerprint density at radius 2 is 2.00 bits per heavy atom. The number of alkyl halides is 3. The lowest BCUT2D eigenvalue weighted by atomic mass is 9.99. The molecule has 9 heteroatoms. The molecule has 6 nitrogen and oxygen atoms in total. The number of aromatic nitrogens is 4. The molecule has 0 bridgehead atoms. The fourth-order valence-corrected chi connectivity index (χ4v) is 4.51. The number of likely N-dealkylation sites (tertiary alicyclic amines) is 1. The summed E-state index contributed by atoms with van der Waals surface area (Å²) in [6, 6.07) is 12.4. The van der Waals surface area contributed by atoms with Gasteiger partial charge in [-0.3, -0.25) is 9.89 Å². The summed E-state index contributed by atoms with van der Waals surface area (Å²) < 4.78 is 41.6. The molecule has 0 aliphatic carbocycles. The van der Waals surface area contributed by atoms with Gasteiger partial charge >= 0.3 is 6.18 Å². The lowest BCUT2D eigenvalue weighted by molar-refractivity contribution is -0.137. The molecule has 0 saturated carbocycles. The summed E-state index contributed by atoms with van der Waals surface area (Å²) in [7, 11) is 0. The molecule has 1 aliphatic heterocycles. The summed E-state index contributed by atoms with van der Waals surface area (Å²) in [6.07, 6.45) is 3.88. The second kappa shape index (κ2) is 8.81. The standard InChI is InChI=1S/C25H22F3N5O/c26-25(27,28)20-7-2-5-18(13-20)21-14-30-31-23(21)22-8-3-10-33(22)24(34)19-6-1-4-17(12-19)15-32-11-9-29-16-32/h1-2,4-7,9,11-14,16,22H,3,8,10,15H2,(H,30,31). The average molecular weight is 465 g/mol. The highest BCUT2D eigenvalue weighted by Crippen LogP contribution is 2.39. The van der Waals surface area contributed by atoms with Gasteiger partial charge in [0.1, 0.15) is 0 Å². The van der Waals surface area contributed by atoms with Gasteiger partial charge in [0, 0.05) is 36.6 Å². The van der Waals surface area contributed by atoms with Gasteiger partial charge in [-0.1, -0.05) is 24.3 Å². The van der Waals surface area contributed by atoms with Crippen molar-refractivity contribution >= 4 is 5.91 Å². The highest BCUT2D eigenvalue weighted by atomic mass is 19.4. The van der Waals surface area contributed by atoms with Crippen molar-refractivity contribution in [2.24, 2.45) is 0 Å². The van der Waals surface area contributed by atoms with Crippen molar-refractivity contribution in [1.29, 1.82) is 0 Å². The van der Waals surface area contributed by atoms with Gasteiger partial charge in [0.15, 0.2) is 0 Å². The number of aromatic amines is 1. The number of hydrogen-bond donors (Lipinski definition) is 1. The summed E-state index contributed by atoms with van der Waals surface area (Å²) in [6.45, 7) is 1.17. The SMILES string of the molecule is O=C(c1cccc(Cn2ccnc2)c1)N1CCCC1c1[nH]ncc1-c1cccc(C(F)(F)F)c1. The Bertz CT molecular complexity index is 1300. The van der Waals surface area contributed by atoms with Crippen LogP contribution in [0.15, 0.2) is 73.4 Å². The predicted octanol–water partition coefficient (Wildman–Crippen LogP) is 5.32. The third kappa shape index (κ3) is 4.33. The molecule has 1 aliphatic rings. The summed E-state index contributed by atoms with van der Waals surface area (Å²) in [5.41, 5.74) is 2.48. The van der Waals surface area contributed by atoms with E-state index in [2.05, 4.69) is 15.2 Å². The molecule has 174 valence electrons. The normalized spacial score (nSPS) is 16.2. The van der Waals surface area contributed by atoms with Crippen LogP contribution in [0.5, 0.6) is 0 Å². The number of halogens is 3. The van der Waals surface area contributed by atoms with E-state index in [1.54, 1.807) is 29.6 Å². The van der Waals surface area contributed by atoms with E-state index in [4.69, 9.17) is 0 Å². The van der Waals surface area contributed by atoms with Gasteiger partial charge in [-0.15, -0.1) is 0 Å². The number of imidazole rings is 1. The van der Waals surface area contributed by atoms with Gasteiger partial charge in [0.25, 0.3) is 5.91 Å². The molecule has 1 atom stereocenters. The maximum absolute atomic E-state index is 13.5. The maximum Gasteiger partial charge on any atom is 0.416 e. The van der Waals surface area contributed by atoms with Gasteiger partial charge < -0.3 is 9.47 Å². The first-order valence-electron chi connectivity index (χ1n) is 11.0. The maximum atomic E-state index is 13.5. The molecule has 1 fully saturated rings. The third-order valence-electron chi connectivity index (χ3n) is 6.11. The third-order valence-corrected chi connectivity index (χ3v) is 6.11. The van der Waals surface area contributed by atoms with Crippen LogP contribution in [0.1, 0.15) is 46.1 Å². The average Bonchev–Trinajstić information content (AvgIpc) is 3.59. The van der Waals surface area contributed by atoms with Crippen LogP contribution in [0.25, 0.3) is 11.1 Å². The van der Waals surface area contributed by atoms with Gasteiger partial charge in [-0.25, -0.2) is 4.98 Å². The van der Waals surface area contributed by atoms with E-state index in [1.165, 1.54) is 12.3 Å². The summed E-state index contributed by atoms with van der Waals surface area (Å²) in [5.74, 6) is -0.112. The Hall–Kier alpha value is -3.88. The van der Waals surface area contributed by atoms with E-state index in [0.29, 0.717) is 41.9 Å². The van der Waals surface area contributed by atoms with Crippen LogP contribution in [-0.4, -0.2) is 37.1 Å². The van der Waals surface area contributed by atoms with Crippen molar-refractivity contribution in [2.45, 2.75) is 31.6 Å². The Labute approximate surface area is 194 Å². The minimum atomic E-state index is -4.43. The topological polar surface area (TPSA) is 66.8 Å². The summed E-state index contributed by atoms with van der Waals surface area (Å²) >= 11 is 0. The molecule has 0 radical (unpaired) electrons. The number of H-pyrrole nitrogens is 1. The molecular weight excluding hydrogens is 443 g/mol. The molecular formula is C25H22F3N5O. The van der Waals surface area contributed by atoms with Gasteiger partial charge in [-0.2, -0.15) is 18.3 Å². The second-order valence-electron chi connectivity index (χ2n) is 8.37. The van der Waals surface area contributed by atoms with Crippen molar-refractivity contribution < 1.29 is 18.0 Å². The molecule has 5 rings (SSSR count). The minimum Gasteiger partial charge on any atom is -0.333 e. The van der Waals surface area contributed by atoms with E-state index in [0.717, 1.165) is 24.1 Å². The first kappa shape index (κ1) is 21.9. The van der Waals surface area contributed by atoms with Crippen molar-refractivity contribution in [3.63, 3.8) is 0 Å². The molecule has 4 aromatic rings. The Morgan fingerprint density at radius 3 is 2.79 bits per heavy atom. The van der Waals surface area contributed by atoms with Crippen molar-refractivity contribution in [3.8, 4) is 11.1 Å². The predicted molar refractivity (Wildman–Crippen MR) is 120 cm³/mol. The Morgan fingerprint density at radius 1 is 1.15 bits per heavy atom. The fourth-order valence-electron chi connectivity index (χ4n) is 4.51. The van der Waals surface area contributed by atoms with E-state index in [1.807, 2.05) is 29.0 Å². The molecule has 1 N–H and O–H groups in total. The number of amides is 1. The molecule has 0 spiro atoms. The van der Waals surface area contributed by atoms with Crippen LogP contribution < -0.4 is 0 Å². The number of carbonyl (C=O) groups is 1. The van der Waals surface area contributed by atoms with Crippen molar-refractivity contribution in [2.75, 3.05) is 6.54 Å². The fraction of sp³-hybridized carbons (Fsp3) is 0.240. The molecule has 3 heterocycles. The van der Waals surface area contributed by atoms with E-state index in [-0.39, 0.29) is 11.9 Å². The Balaban J connectivity index is 1.42. The monoisotopic (exact) mass is 465 g/mol. The van der Waals surface area contributed by atoms with Gasteiger partial charge in [-0.05, 0) is 48.2 Å². The largest absolute Gasteiger partial charge is 0.416 e. The number of benzene rings is 2. The zero-order chi connectivity index (χ0) is 23.7. The summed E-state index contributed by atoms with van der Waals surface area (Å²) in [4.78, 5) is 19.3. The smallest absolute Gasteiger partial charge is 0.333 e. The van der Waals surface area contributed by atoms with Crippen molar-refractivity contribution in [3.05, 3.63) is 95.8 Å². The Kier molecular flexibility index (Phi) is 5.69. The molecule has 1 amide bonds. The first-order valence-corrected chi connectivity index (χ1v) is 11.0. The first-order chi connectivity index (χ1) is 16.4. The number of nitrogens with zero attached hydrogens (tertiary/aromatic N) is 4. The van der Waals surface area contributed by atoms with Crippen molar-refractivity contribution in [1.82, 2.24) is 24.6 Å². The number of rotatable bonds is 5. The van der Waals surface area contributed by atoms with E-state index in [9.17, 15) is 18.0 Å². The van der Waals surface area contributed by atoms with E-state index >= 15 is 0 Å². The van der Waals surface area contributed by atoms with Crippen LogP contribution in [0.4, 0.5) is 13.2 Å². The van der Waals surface area contributed by atoms with Gasteiger partial charge in [0.2, 0.25) is 0 Å². The van der Waals surface area contributed by atoms with Crippen LogP contribution in [0.2, 0.25) is 0 Å². The quantitative estimate of drug-likeness (QED) is 0.434. The zero-order valence-corrected chi connectivity index (χ0v) is 18.2. The van der Waals surface area contributed by atoms with Crippen LogP contribution in [0.3, 0.4) is 0 Å². The summed E-state index contributed by atoms with van der Waals surface area (Å²) in [5, 5.41) is 7.05. The number of nitrogens with one attached hydrogen (secondary N) is 1. The minimum absolute atomic E-state index is 0.112. The molecule has 1 unspecified atom stereocenters. The van der Waals surface area contributed by atoms with Crippen LogP contribution in [0, 0.1) is 0 Å².